The predicted molar refractivity (Wildman–Crippen MR) is 123 cm³/mol. The highest BCUT2D eigenvalue weighted by Crippen LogP contribution is 2.29. The SMILES string of the molecule is COCCOc1cc(F)c2c(Nc3ccc(NC(=O)CC(=O)NC(C)C)cc3)ncnc2c1. The van der Waals surface area contributed by atoms with Gasteiger partial charge in [0.05, 0.1) is 17.5 Å². The minimum absolute atomic E-state index is 0.0341. The highest BCUT2D eigenvalue weighted by molar-refractivity contribution is 6.03. The zero-order valence-electron chi connectivity index (χ0n) is 18.6. The molecule has 0 aliphatic rings. The Labute approximate surface area is 190 Å². The number of amides is 2. The highest BCUT2D eigenvalue weighted by atomic mass is 19.1. The molecule has 0 bridgehead atoms. The zero-order valence-corrected chi connectivity index (χ0v) is 18.6. The summed E-state index contributed by atoms with van der Waals surface area (Å²) in [5.41, 5.74) is 1.55. The minimum Gasteiger partial charge on any atom is -0.491 e. The Morgan fingerprint density at radius 2 is 1.76 bits per heavy atom. The van der Waals surface area contributed by atoms with E-state index in [0.717, 1.165) is 0 Å². The molecule has 0 atom stereocenters. The molecule has 0 saturated heterocycles. The van der Waals surface area contributed by atoms with Crippen molar-refractivity contribution >= 4 is 39.9 Å². The van der Waals surface area contributed by atoms with Gasteiger partial charge in [-0.05, 0) is 38.1 Å². The third-order valence-corrected chi connectivity index (χ3v) is 4.42. The normalized spacial score (nSPS) is 10.8. The first-order chi connectivity index (χ1) is 15.9. The van der Waals surface area contributed by atoms with E-state index in [4.69, 9.17) is 9.47 Å². The monoisotopic (exact) mass is 455 g/mol. The number of carbonyl (C=O) groups is 2. The third-order valence-electron chi connectivity index (χ3n) is 4.42. The van der Waals surface area contributed by atoms with Crippen molar-refractivity contribution in [2.24, 2.45) is 0 Å². The fourth-order valence-corrected chi connectivity index (χ4v) is 3.04. The maximum atomic E-state index is 14.8. The molecule has 1 aromatic heterocycles. The molecule has 0 spiro atoms. The molecule has 2 amide bonds. The van der Waals surface area contributed by atoms with Crippen LogP contribution in [0.4, 0.5) is 21.6 Å². The van der Waals surface area contributed by atoms with E-state index in [1.807, 2.05) is 13.8 Å². The van der Waals surface area contributed by atoms with Crippen molar-refractivity contribution < 1.29 is 23.5 Å². The van der Waals surface area contributed by atoms with Gasteiger partial charge in [-0.25, -0.2) is 14.4 Å². The van der Waals surface area contributed by atoms with Crippen LogP contribution < -0.4 is 20.7 Å². The maximum absolute atomic E-state index is 14.8. The van der Waals surface area contributed by atoms with E-state index < -0.39 is 11.7 Å². The fraction of sp³-hybridized carbons (Fsp3) is 0.304. The second-order valence-electron chi connectivity index (χ2n) is 7.51. The van der Waals surface area contributed by atoms with Crippen LogP contribution in [0.2, 0.25) is 0 Å². The van der Waals surface area contributed by atoms with Gasteiger partial charge in [0.15, 0.2) is 0 Å². The summed E-state index contributed by atoms with van der Waals surface area (Å²) in [6.45, 7) is 4.33. The Morgan fingerprint density at radius 1 is 1.03 bits per heavy atom. The van der Waals surface area contributed by atoms with Crippen LogP contribution in [0.5, 0.6) is 5.75 Å². The van der Waals surface area contributed by atoms with Gasteiger partial charge < -0.3 is 25.4 Å². The van der Waals surface area contributed by atoms with Gasteiger partial charge in [0, 0.05) is 36.7 Å². The number of benzene rings is 2. The van der Waals surface area contributed by atoms with E-state index in [1.165, 1.54) is 12.4 Å². The highest BCUT2D eigenvalue weighted by Gasteiger charge is 2.13. The van der Waals surface area contributed by atoms with Crippen molar-refractivity contribution in [1.82, 2.24) is 15.3 Å². The Balaban J connectivity index is 1.68. The van der Waals surface area contributed by atoms with Crippen LogP contribution in [-0.2, 0) is 14.3 Å². The van der Waals surface area contributed by atoms with E-state index in [0.29, 0.717) is 41.7 Å². The summed E-state index contributed by atoms with van der Waals surface area (Å²) in [4.78, 5) is 32.0. The molecule has 2 aromatic carbocycles. The molecule has 0 saturated carbocycles. The van der Waals surface area contributed by atoms with Crippen molar-refractivity contribution in [3.8, 4) is 5.75 Å². The van der Waals surface area contributed by atoms with Crippen LogP contribution in [0.1, 0.15) is 20.3 Å². The average Bonchev–Trinajstić information content (AvgIpc) is 2.74. The summed E-state index contributed by atoms with van der Waals surface area (Å²) in [6.07, 6.45) is 1.07. The number of carbonyl (C=O) groups excluding carboxylic acids is 2. The molecule has 0 radical (unpaired) electrons. The number of fused-ring (bicyclic) bond motifs is 1. The summed E-state index contributed by atoms with van der Waals surface area (Å²) in [7, 11) is 1.56. The standard InChI is InChI=1S/C23H26FN5O4/c1-14(2)27-20(30)12-21(31)28-15-4-6-16(7-5-15)29-23-22-18(24)10-17(33-9-8-32-3)11-19(22)25-13-26-23/h4-7,10-11,13-14H,8-9,12H2,1-3H3,(H,27,30)(H,28,31)(H,25,26,29). The van der Waals surface area contributed by atoms with Crippen LogP contribution >= 0.6 is 0 Å². The Kier molecular flexibility index (Phi) is 8.09. The van der Waals surface area contributed by atoms with Gasteiger partial charge in [0.25, 0.3) is 0 Å². The maximum Gasteiger partial charge on any atom is 0.233 e. The topological polar surface area (TPSA) is 114 Å². The number of nitrogens with zero attached hydrogens (tertiary/aromatic N) is 2. The first-order valence-electron chi connectivity index (χ1n) is 10.4. The molecule has 1 heterocycles. The summed E-state index contributed by atoms with van der Waals surface area (Å²) in [6, 6.07) is 9.63. The number of rotatable bonds is 10. The Bertz CT molecular complexity index is 1120. The second kappa shape index (κ2) is 11.2. The van der Waals surface area contributed by atoms with Crippen LogP contribution in [0.3, 0.4) is 0 Å². The van der Waals surface area contributed by atoms with Gasteiger partial charge >= 0.3 is 0 Å². The summed E-state index contributed by atoms with van der Waals surface area (Å²) in [5, 5.41) is 8.62. The Hall–Kier alpha value is -3.79. The van der Waals surface area contributed by atoms with Crippen LogP contribution in [0.15, 0.2) is 42.7 Å². The average molecular weight is 455 g/mol. The van der Waals surface area contributed by atoms with Gasteiger partial charge in [0.1, 0.15) is 36.7 Å². The molecule has 174 valence electrons. The summed E-state index contributed by atoms with van der Waals surface area (Å²) < 4.78 is 25.2. The van der Waals surface area contributed by atoms with Gasteiger partial charge in [-0.2, -0.15) is 0 Å². The lowest BCUT2D eigenvalue weighted by Crippen LogP contribution is -2.33. The number of aromatic nitrogens is 2. The number of ether oxygens (including phenoxy) is 2. The number of nitrogens with one attached hydrogen (secondary N) is 3. The first kappa shape index (κ1) is 23.9. The summed E-state index contributed by atoms with van der Waals surface area (Å²) >= 11 is 0. The largest absolute Gasteiger partial charge is 0.491 e. The van der Waals surface area contributed by atoms with Crippen LogP contribution in [0, 0.1) is 5.82 Å². The number of methoxy groups -OCH3 is 1. The van der Waals surface area contributed by atoms with Crippen LogP contribution in [0.25, 0.3) is 10.9 Å². The van der Waals surface area contributed by atoms with Crippen molar-refractivity contribution in [3.63, 3.8) is 0 Å². The van der Waals surface area contributed by atoms with Crippen molar-refractivity contribution in [1.29, 1.82) is 0 Å². The lowest BCUT2D eigenvalue weighted by molar-refractivity contribution is -0.127. The predicted octanol–water partition coefficient (Wildman–Crippen LogP) is 3.39. The molecule has 0 unspecified atom stereocenters. The third kappa shape index (κ3) is 6.84. The number of halogens is 1. The quantitative estimate of drug-likeness (QED) is 0.317. The molecule has 10 heteroatoms. The molecule has 33 heavy (non-hydrogen) atoms. The molecule has 3 aromatic rings. The number of anilines is 3. The van der Waals surface area contributed by atoms with E-state index >= 15 is 0 Å². The number of hydrogen-bond acceptors (Lipinski definition) is 7. The molecule has 0 aliphatic heterocycles. The lowest BCUT2D eigenvalue weighted by Gasteiger charge is -2.12. The van der Waals surface area contributed by atoms with E-state index in [-0.39, 0.29) is 23.8 Å². The van der Waals surface area contributed by atoms with E-state index in [9.17, 15) is 14.0 Å². The van der Waals surface area contributed by atoms with Crippen LogP contribution in [-0.4, -0.2) is 48.1 Å². The van der Waals surface area contributed by atoms with E-state index in [1.54, 1.807) is 37.4 Å². The molecular weight excluding hydrogens is 429 g/mol. The van der Waals surface area contributed by atoms with Gasteiger partial charge in [0.2, 0.25) is 11.8 Å². The number of hydrogen-bond donors (Lipinski definition) is 3. The van der Waals surface area contributed by atoms with E-state index in [2.05, 4.69) is 25.9 Å². The fourth-order valence-electron chi connectivity index (χ4n) is 3.04. The molecule has 3 N–H and O–H groups in total. The van der Waals surface area contributed by atoms with Crippen molar-refractivity contribution in [3.05, 3.63) is 48.5 Å². The lowest BCUT2D eigenvalue weighted by atomic mass is 10.2. The minimum atomic E-state index is -0.522. The first-order valence-corrected chi connectivity index (χ1v) is 10.4. The van der Waals surface area contributed by atoms with Crippen molar-refractivity contribution in [2.45, 2.75) is 26.3 Å². The molecule has 3 rings (SSSR count). The smallest absolute Gasteiger partial charge is 0.233 e. The Morgan fingerprint density at radius 3 is 2.45 bits per heavy atom. The van der Waals surface area contributed by atoms with Gasteiger partial charge in [-0.15, -0.1) is 0 Å². The van der Waals surface area contributed by atoms with Crippen molar-refractivity contribution in [2.75, 3.05) is 31.0 Å². The molecule has 0 aliphatic carbocycles. The second-order valence-corrected chi connectivity index (χ2v) is 7.51. The summed E-state index contributed by atoms with van der Waals surface area (Å²) in [5.74, 6) is -0.634. The molecule has 0 fully saturated rings. The van der Waals surface area contributed by atoms with Gasteiger partial charge in [-0.1, -0.05) is 0 Å². The molecular formula is C23H26FN5O4. The van der Waals surface area contributed by atoms with Gasteiger partial charge in [-0.3, -0.25) is 9.59 Å². The molecule has 9 nitrogen and oxygen atoms in total. The zero-order chi connectivity index (χ0) is 23.8.